The van der Waals surface area contributed by atoms with Crippen LogP contribution in [0.3, 0.4) is 0 Å². The molecule has 0 radical (unpaired) electrons. The summed E-state index contributed by atoms with van der Waals surface area (Å²) >= 11 is 1.57. The summed E-state index contributed by atoms with van der Waals surface area (Å²) < 4.78 is 5.91. The maximum absolute atomic E-state index is 12.5. The van der Waals surface area contributed by atoms with E-state index in [1.165, 1.54) is 15.0 Å². The lowest BCUT2D eigenvalue weighted by molar-refractivity contribution is -0.139. The fraction of sp³-hybridized carbons (Fsp3) is 0.522. The molecule has 2 saturated heterocycles. The molecule has 1 saturated carbocycles. The van der Waals surface area contributed by atoms with Crippen LogP contribution in [0.1, 0.15) is 25.7 Å². The number of amides is 2. The molecule has 2 atom stereocenters. The number of nitrogens with zero attached hydrogens (tertiary/aromatic N) is 4. The Kier molecular flexibility index (Phi) is 5.56. The van der Waals surface area contributed by atoms with E-state index in [1.807, 2.05) is 6.08 Å². The number of imide groups is 1. The van der Waals surface area contributed by atoms with E-state index in [4.69, 9.17) is 0 Å². The van der Waals surface area contributed by atoms with E-state index < -0.39 is 0 Å². The molecule has 1 aromatic carbocycles. The van der Waals surface area contributed by atoms with Crippen molar-refractivity contribution in [2.45, 2.75) is 25.7 Å². The van der Waals surface area contributed by atoms with Crippen LogP contribution in [0.4, 0.5) is 5.82 Å². The van der Waals surface area contributed by atoms with Crippen molar-refractivity contribution in [3.05, 3.63) is 36.4 Å². The first kappa shape index (κ1) is 19.7. The largest absolute Gasteiger partial charge is 0.353 e. The van der Waals surface area contributed by atoms with Crippen LogP contribution < -0.4 is 4.90 Å². The number of benzene rings is 1. The van der Waals surface area contributed by atoms with Gasteiger partial charge in [-0.25, -0.2) is 0 Å². The molecule has 2 aliphatic heterocycles. The van der Waals surface area contributed by atoms with E-state index in [-0.39, 0.29) is 23.7 Å². The van der Waals surface area contributed by atoms with Gasteiger partial charge in [0.1, 0.15) is 5.82 Å². The molecule has 0 bridgehead atoms. The minimum absolute atomic E-state index is 0.0467. The molecule has 30 heavy (non-hydrogen) atoms. The molecule has 0 N–H and O–H groups in total. The van der Waals surface area contributed by atoms with Crippen LogP contribution in [0, 0.1) is 11.8 Å². The predicted molar refractivity (Wildman–Crippen MR) is 120 cm³/mol. The quantitative estimate of drug-likeness (QED) is 0.545. The standard InChI is InChI=1S/C23H28N4O2S/c28-22-17-7-1-2-8-18(17)23(29)27(22)12-6-5-11-25-13-15-26(16-14-25)21-19-9-3-4-10-20(19)30-24-21/h3-6,9-10,17-18H,1-2,7-8,11-16H2/b6-5+. The van der Waals surface area contributed by atoms with E-state index in [0.29, 0.717) is 6.54 Å². The Morgan fingerprint density at radius 3 is 2.33 bits per heavy atom. The van der Waals surface area contributed by atoms with Crippen LogP contribution >= 0.6 is 11.5 Å². The maximum Gasteiger partial charge on any atom is 0.233 e. The number of piperazine rings is 1. The Morgan fingerprint density at radius 2 is 1.60 bits per heavy atom. The van der Waals surface area contributed by atoms with E-state index in [9.17, 15) is 9.59 Å². The molecular formula is C23H28N4O2S. The Balaban J connectivity index is 1.11. The highest BCUT2D eigenvalue weighted by molar-refractivity contribution is 7.13. The fourth-order valence-corrected chi connectivity index (χ4v) is 5.85. The molecule has 158 valence electrons. The lowest BCUT2D eigenvalue weighted by Crippen LogP contribution is -2.46. The van der Waals surface area contributed by atoms with Crippen LogP contribution in [0.15, 0.2) is 36.4 Å². The van der Waals surface area contributed by atoms with E-state index in [0.717, 1.165) is 64.2 Å². The summed E-state index contributed by atoms with van der Waals surface area (Å²) in [5.74, 6) is 1.12. The van der Waals surface area contributed by atoms with Gasteiger partial charge in [0.2, 0.25) is 11.8 Å². The van der Waals surface area contributed by atoms with Gasteiger partial charge in [0.15, 0.2) is 0 Å². The average Bonchev–Trinajstić information content (AvgIpc) is 3.32. The molecule has 5 rings (SSSR count). The zero-order valence-electron chi connectivity index (χ0n) is 17.2. The normalized spacial score (nSPS) is 25.6. The average molecular weight is 425 g/mol. The molecule has 2 amide bonds. The second-order valence-corrected chi connectivity index (χ2v) is 9.35. The minimum Gasteiger partial charge on any atom is -0.353 e. The van der Waals surface area contributed by atoms with Gasteiger partial charge in [-0.15, -0.1) is 0 Å². The second kappa shape index (κ2) is 8.47. The van der Waals surface area contributed by atoms with Gasteiger partial charge in [-0.2, -0.15) is 4.37 Å². The molecule has 1 aliphatic carbocycles. The SMILES string of the molecule is O=C1C2CCCCC2C(=O)N1C/C=C/CN1CCN(c2nsc3ccccc23)CC1. The van der Waals surface area contributed by atoms with Gasteiger partial charge in [-0.3, -0.25) is 19.4 Å². The Morgan fingerprint density at radius 1 is 0.933 bits per heavy atom. The summed E-state index contributed by atoms with van der Waals surface area (Å²) in [5, 5.41) is 1.25. The lowest BCUT2D eigenvalue weighted by atomic mass is 9.81. The third-order valence-electron chi connectivity index (χ3n) is 6.78. The summed E-state index contributed by atoms with van der Waals surface area (Å²) in [6.07, 6.45) is 8.02. The van der Waals surface area contributed by atoms with Crippen LogP contribution in [0.2, 0.25) is 0 Å². The smallest absolute Gasteiger partial charge is 0.233 e. The number of carbonyl (C=O) groups is 2. The van der Waals surface area contributed by atoms with Crippen LogP contribution in [0.5, 0.6) is 0 Å². The molecule has 7 heteroatoms. The highest BCUT2D eigenvalue weighted by atomic mass is 32.1. The number of likely N-dealkylation sites (tertiary alicyclic amines) is 1. The number of aromatic nitrogens is 1. The van der Waals surface area contributed by atoms with Crippen molar-refractivity contribution in [3.8, 4) is 0 Å². The van der Waals surface area contributed by atoms with Crippen LogP contribution in [0.25, 0.3) is 10.1 Å². The van der Waals surface area contributed by atoms with E-state index in [1.54, 1.807) is 11.5 Å². The van der Waals surface area contributed by atoms with Gasteiger partial charge in [0, 0.05) is 44.7 Å². The van der Waals surface area contributed by atoms with E-state index in [2.05, 4.69) is 44.5 Å². The maximum atomic E-state index is 12.5. The number of fused-ring (bicyclic) bond motifs is 2. The Hall–Kier alpha value is -2.25. The molecule has 6 nitrogen and oxygen atoms in total. The number of rotatable bonds is 5. The predicted octanol–water partition coefficient (Wildman–Crippen LogP) is 3.15. The lowest BCUT2D eigenvalue weighted by Gasteiger charge is -2.34. The summed E-state index contributed by atoms with van der Waals surface area (Å²) in [5.41, 5.74) is 0. The Labute approximate surface area is 181 Å². The van der Waals surface area contributed by atoms with Crippen molar-refractivity contribution >= 4 is 39.3 Å². The van der Waals surface area contributed by atoms with Crippen LogP contribution in [-0.4, -0.2) is 65.3 Å². The Bertz CT molecular complexity index is 939. The molecule has 3 fully saturated rings. The fourth-order valence-electron chi connectivity index (χ4n) is 5.06. The number of anilines is 1. The highest BCUT2D eigenvalue weighted by Crippen LogP contribution is 2.37. The van der Waals surface area contributed by atoms with Gasteiger partial charge in [-0.05, 0) is 36.5 Å². The number of hydrogen-bond donors (Lipinski definition) is 0. The van der Waals surface area contributed by atoms with Gasteiger partial charge in [0.25, 0.3) is 0 Å². The van der Waals surface area contributed by atoms with Gasteiger partial charge < -0.3 is 4.90 Å². The summed E-state index contributed by atoms with van der Waals surface area (Å²) in [7, 11) is 0. The first-order valence-electron chi connectivity index (χ1n) is 11.0. The van der Waals surface area contributed by atoms with Crippen molar-refractivity contribution in [3.63, 3.8) is 0 Å². The summed E-state index contributed by atoms with van der Waals surface area (Å²) in [6, 6.07) is 8.42. The molecule has 2 aromatic rings. The third-order valence-corrected chi connectivity index (χ3v) is 7.60. The van der Waals surface area contributed by atoms with Gasteiger partial charge >= 0.3 is 0 Å². The van der Waals surface area contributed by atoms with Crippen molar-refractivity contribution in [1.29, 1.82) is 0 Å². The summed E-state index contributed by atoms with van der Waals surface area (Å²) in [4.78, 5) is 31.4. The minimum atomic E-state index is -0.0467. The van der Waals surface area contributed by atoms with Crippen LogP contribution in [-0.2, 0) is 9.59 Å². The first-order chi connectivity index (χ1) is 14.7. The van der Waals surface area contributed by atoms with Crippen molar-refractivity contribution in [2.24, 2.45) is 11.8 Å². The van der Waals surface area contributed by atoms with Crippen molar-refractivity contribution in [1.82, 2.24) is 14.2 Å². The van der Waals surface area contributed by atoms with E-state index >= 15 is 0 Å². The zero-order chi connectivity index (χ0) is 20.5. The van der Waals surface area contributed by atoms with Crippen molar-refractivity contribution < 1.29 is 9.59 Å². The topological polar surface area (TPSA) is 56.8 Å². The molecule has 2 unspecified atom stereocenters. The number of carbonyl (C=O) groups excluding carboxylic acids is 2. The second-order valence-electron chi connectivity index (χ2n) is 8.55. The molecule has 0 spiro atoms. The monoisotopic (exact) mass is 424 g/mol. The summed E-state index contributed by atoms with van der Waals surface area (Å²) in [6.45, 7) is 5.19. The molecular weight excluding hydrogens is 396 g/mol. The van der Waals surface area contributed by atoms with Crippen molar-refractivity contribution in [2.75, 3.05) is 44.2 Å². The highest BCUT2D eigenvalue weighted by Gasteiger charge is 2.47. The van der Waals surface area contributed by atoms with Gasteiger partial charge in [-0.1, -0.05) is 37.1 Å². The third kappa shape index (κ3) is 3.65. The number of hydrogen-bond acceptors (Lipinski definition) is 6. The molecule has 1 aromatic heterocycles. The van der Waals surface area contributed by atoms with Gasteiger partial charge in [0.05, 0.1) is 16.5 Å². The molecule has 3 aliphatic rings. The molecule has 3 heterocycles. The first-order valence-corrected chi connectivity index (χ1v) is 11.8. The zero-order valence-corrected chi connectivity index (χ0v) is 18.0.